The van der Waals surface area contributed by atoms with Gasteiger partial charge in [0, 0.05) is 23.7 Å². The Bertz CT molecular complexity index is 547. The molecule has 1 aromatic carbocycles. The number of aliphatic hydroxyl groups excluding tert-OH is 1. The van der Waals surface area contributed by atoms with Gasteiger partial charge in [0.05, 0.1) is 11.5 Å². The number of hydrogen-bond acceptors (Lipinski definition) is 2. The van der Waals surface area contributed by atoms with Crippen molar-refractivity contribution in [2.24, 2.45) is 5.92 Å². The van der Waals surface area contributed by atoms with E-state index in [-0.39, 0.29) is 17.9 Å². The number of amides is 1. The van der Waals surface area contributed by atoms with Crippen LogP contribution in [0.1, 0.15) is 32.8 Å². The van der Waals surface area contributed by atoms with Crippen molar-refractivity contribution in [1.29, 1.82) is 0 Å². The fourth-order valence-corrected chi connectivity index (χ4v) is 2.98. The summed E-state index contributed by atoms with van der Waals surface area (Å²) in [6.45, 7) is 6.36. The highest BCUT2D eigenvalue weighted by atomic mass is 35.5. The van der Waals surface area contributed by atoms with Gasteiger partial charge >= 0.3 is 0 Å². The average molecular weight is 314 g/mol. The van der Waals surface area contributed by atoms with Gasteiger partial charge in [-0.3, -0.25) is 4.79 Å². The first-order chi connectivity index (χ1) is 9.73. The first kappa shape index (κ1) is 16.2. The molecule has 1 saturated heterocycles. The summed E-state index contributed by atoms with van der Waals surface area (Å²) in [5.41, 5.74) is -0.618. The van der Waals surface area contributed by atoms with E-state index in [0.717, 1.165) is 0 Å². The van der Waals surface area contributed by atoms with Crippen molar-refractivity contribution < 1.29 is 14.3 Å². The van der Waals surface area contributed by atoms with E-state index in [0.29, 0.717) is 30.1 Å². The van der Waals surface area contributed by atoms with Crippen molar-refractivity contribution in [2.75, 3.05) is 13.1 Å². The van der Waals surface area contributed by atoms with Crippen LogP contribution in [0.15, 0.2) is 18.2 Å². The molecule has 0 saturated carbocycles. The average Bonchev–Trinajstić information content (AvgIpc) is 2.40. The van der Waals surface area contributed by atoms with Crippen LogP contribution in [-0.2, 0) is 10.2 Å². The Morgan fingerprint density at radius 3 is 2.71 bits per heavy atom. The van der Waals surface area contributed by atoms with E-state index < -0.39 is 11.2 Å². The number of aliphatic hydroxyl groups is 1. The molecule has 0 aliphatic carbocycles. The second-order valence-electron chi connectivity index (χ2n) is 6.33. The number of likely N-dealkylation sites (tertiary alicyclic amines) is 1. The largest absolute Gasteiger partial charge is 0.393 e. The highest BCUT2D eigenvalue weighted by molar-refractivity contribution is 6.30. The Morgan fingerprint density at radius 2 is 2.14 bits per heavy atom. The van der Waals surface area contributed by atoms with Crippen LogP contribution in [0.4, 0.5) is 4.39 Å². The molecule has 1 aliphatic rings. The minimum absolute atomic E-state index is 0.0357. The number of carbonyl (C=O) groups excluding carboxylic acids is 1. The van der Waals surface area contributed by atoms with Crippen LogP contribution >= 0.6 is 11.6 Å². The molecule has 5 heteroatoms. The summed E-state index contributed by atoms with van der Waals surface area (Å²) >= 11 is 5.77. The predicted molar refractivity (Wildman–Crippen MR) is 80.8 cm³/mol. The smallest absolute Gasteiger partial charge is 0.232 e. The van der Waals surface area contributed by atoms with Crippen molar-refractivity contribution >= 4 is 17.5 Å². The molecule has 0 radical (unpaired) electrons. The Balaban J connectivity index is 2.24. The summed E-state index contributed by atoms with van der Waals surface area (Å²) in [7, 11) is 0. The Morgan fingerprint density at radius 1 is 1.48 bits per heavy atom. The summed E-state index contributed by atoms with van der Waals surface area (Å²) in [5.74, 6) is -0.554. The molecule has 0 bridgehead atoms. The van der Waals surface area contributed by atoms with Gasteiger partial charge in [-0.05, 0) is 38.3 Å². The van der Waals surface area contributed by atoms with Crippen molar-refractivity contribution in [1.82, 2.24) is 4.90 Å². The molecule has 1 aromatic rings. The second kappa shape index (κ2) is 5.93. The first-order valence-corrected chi connectivity index (χ1v) is 7.54. The lowest BCUT2D eigenvalue weighted by molar-refractivity contribution is -0.140. The summed E-state index contributed by atoms with van der Waals surface area (Å²) in [5, 5.41) is 10.1. The summed E-state index contributed by atoms with van der Waals surface area (Å²) in [4.78, 5) is 14.5. The van der Waals surface area contributed by atoms with Crippen LogP contribution < -0.4 is 0 Å². The number of halogens is 2. The third-order valence-electron chi connectivity index (χ3n) is 4.29. The Hall–Kier alpha value is -1.13. The van der Waals surface area contributed by atoms with Crippen molar-refractivity contribution in [3.05, 3.63) is 34.6 Å². The van der Waals surface area contributed by atoms with Gasteiger partial charge in [-0.2, -0.15) is 0 Å². The van der Waals surface area contributed by atoms with E-state index in [4.69, 9.17) is 11.6 Å². The Labute approximate surface area is 129 Å². The maximum atomic E-state index is 14.1. The lowest BCUT2D eigenvalue weighted by atomic mass is 9.81. The van der Waals surface area contributed by atoms with E-state index in [1.54, 1.807) is 30.9 Å². The maximum Gasteiger partial charge on any atom is 0.232 e. The molecule has 2 atom stereocenters. The minimum atomic E-state index is -0.962. The number of piperidine rings is 1. The van der Waals surface area contributed by atoms with E-state index in [2.05, 4.69) is 0 Å². The van der Waals surface area contributed by atoms with Crippen LogP contribution in [-0.4, -0.2) is 35.1 Å². The van der Waals surface area contributed by atoms with Crippen LogP contribution in [0.5, 0.6) is 0 Å². The quantitative estimate of drug-likeness (QED) is 0.912. The van der Waals surface area contributed by atoms with Crippen molar-refractivity contribution in [3.63, 3.8) is 0 Å². The third-order valence-corrected chi connectivity index (χ3v) is 4.52. The molecule has 3 nitrogen and oxygen atoms in total. The van der Waals surface area contributed by atoms with Gasteiger partial charge in [-0.25, -0.2) is 4.39 Å². The van der Waals surface area contributed by atoms with Crippen LogP contribution in [0.25, 0.3) is 0 Å². The zero-order valence-corrected chi connectivity index (χ0v) is 13.3. The summed E-state index contributed by atoms with van der Waals surface area (Å²) in [6, 6.07) is 4.39. The number of rotatable bonds is 2. The molecule has 2 unspecified atom stereocenters. The first-order valence-electron chi connectivity index (χ1n) is 7.16. The van der Waals surface area contributed by atoms with E-state index in [1.165, 1.54) is 6.07 Å². The lowest BCUT2D eigenvalue weighted by Gasteiger charge is -2.39. The molecule has 1 aliphatic heterocycles. The van der Waals surface area contributed by atoms with Gasteiger partial charge < -0.3 is 10.0 Å². The molecule has 1 N–H and O–H groups in total. The van der Waals surface area contributed by atoms with E-state index >= 15 is 0 Å². The molecular weight excluding hydrogens is 293 g/mol. The van der Waals surface area contributed by atoms with Gasteiger partial charge in [0.1, 0.15) is 5.82 Å². The number of nitrogens with zero attached hydrogens (tertiary/aromatic N) is 1. The molecule has 0 spiro atoms. The van der Waals surface area contributed by atoms with E-state index in [1.807, 2.05) is 6.92 Å². The number of benzene rings is 1. The zero-order valence-electron chi connectivity index (χ0n) is 12.6. The van der Waals surface area contributed by atoms with Crippen LogP contribution in [0.3, 0.4) is 0 Å². The third kappa shape index (κ3) is 3.22. The van der Waals surface area contributed by atoms with Crippen molar-refractivity contribution in [2.45, 2.75) is 38.7 Å². The lowest BCUT2D eigenvalue weighted by Crippen LogP contribution is -2.50. The van der Waals surface area contributed by atoms with Gasteiger partial charge in [-0.1, -0.05) is 24.6 Å². The van der Waals surface area contributed by atoms with Crippen LogP contribution in [0.2, 0.25) is 5.02 Å². The topological polar surface area (TPSA) is 40.5 Å². The highest BCUT2D eigenvalue weighted by Gasteiger charge is 2.38. The molecule has 116 valence electrons. The normalized spacial score (nSPS) is 23.2. The molecule has 0 aromatic heterocycles. The molecule has 1 amide bonds. The Kier molecular flexibility index (Phi) is 4.59. The fraction of sp³-hybridized carbons (Fsp3) is 0.562. The number of carbonyl (C=O) groups is 1. The second-order valence-corrected chi connectivity index (χ2v) is 6.77. The standard InChI is InChI=1S/C16H21ClFNO2/c1-10-9-19(7-6-14(10)20)15(21)16(2,3)12-5-4-11(17)8-13(12)18/h4-5,8,10,14,20H,6-7,9H2,1-3H3. The SMILES string of the molecule is CC1CN(C(=O)C(C)(C)c2ccc(Cl)cc2F)CCC1O. The highest BCUT2D eigenvalue weighted by Crippen LogP contribution is 2.31. The van der Waals surface area contributed by atoms with Gasteiger partial charge in [0.15, 0.2) is 0 Å². The summed E-state index contributed by atoms with van der Waals surface area (Å²) in [6.07, 6.45) is 0.191. The van der Waals surface area contributed by atoms with Gasteiger partial charge in [0.2, 0.25) is 5.91 Å². The van der Waals surface area contributed by atoms with Gasteiger partial charge in [-0.15, -0.1) is 0 Å². The summed E-state index contributed by atoms with van der Waals surface area (Å²) < 4.78 is 14.1. The fourth-order valence-electron chi connectivity index (χ4n) is 2.82. The predicted octanol–water partition coefficient (Wildman–Crippen LogP) is 2.99. The van der Waals surface area contributed by atoms with Crippen LogP contribution in [0, 0.1) is 11.7 Å². The maximum absolute atomic E-state index is 14.1. The van der Waals surface area contributed by atoms with Crippen molar-refractivity contribution in [3.8, 4) is 0 Å². The van der Waals surface area contributed by atoms with E-state index in [9.17, 15) is 14.3 Å². The molecule has 1 fully saturated rings. The zero-order chi connectivity index (χ0) is 15.8. The molecule has 21 heavy (non-hydrogen) atoms. The number of hydrogen-bond donors (Lipinski definition) is 1. The monoisotopic (exact) mass is 313 g/mol. The molecular formula is C16H21ClFNO2. The molecule has 2 rings (SSSR count). The molecule has 1 heterocycles. The minimum Gasteiger partial charge on any atom is -0.393 e. The van der Waals surface area contributed by atoms with Gasteiger partial charge in [0.25, 0.3) is 0 Å².